The zero-order chi connectivity index (χ0) is 15.3. The summed E-state index contributed by atoms with van der Waals surface area (Å²) in [6.45, 7) is 8.85. The predicted octanol–water partition coefficient (Wildman–Crippen LogP) is 2.69. The Morgan fingerprint density at radius 1 is 1.14 bits per heavy atom. The van der Waals surface area contributed by atoms with E-state index in [-0.39, 0.29) is 5.91 Å². The first-order chi connectivity index (χ1) is 10.3. The smallest absolute Gasteiger partial charge is 0.220 e. The second-order valence-electron chi connectivity index (χ2n) is 5.00. The Morgan fingerprint density at radius 3 is 2.52 bits per heavy atom. The number of nitrogens with zero attached hydrogens (tertiary/aromatic N) is 1. The summed E-state index contributed by atoms with van der Waals surface area (Å²) in [5.74, 6) is 0.975. The molecule has 0 saturated heterocycles. The second-order valence-corrected chi connectivity index (χ2v) is 5.00. The number of hydrogen-bond donors (Lipinski definition) is 1. The van der Waals surface area contributed by atoms with Gasteiger partial charge in [0.15, 0.2) is 0 Å². The van der Waals surface area contributed by atoms with Gasteiger partial charge in [-0.05, 0) is 44.6 Å². The largest absolute Gasteiger partial charge is 0.494 e. The number of carbonyl (C=O) groups excluding carboxylic acids is 1. The molecular weight excluding hydrogens is 264 g/mol. The van der Waals surface area contributed by atoms with Gasteiger partial charge < -0.3 is 15.0 Å². The zero-order valence-corrected chi connectivity index (χ0v) is 13.3. The normalized spacial score (nSPS) is 10.6. The van der Waals surface area contributed by atoms with E-state index in [0.29, 0.717) is 13.0 Å². The zero-order valence-electron chi connectivity index (χ0n) is 13.3. The quantitative estimate of drug-likeness (QED) is 0.638. The Morgan fingerprint density at radius 2 is 1.86 bits per heavy atom. The minimum absolute atomic E-state index is 0.117. The summed E-state index contributed by atoms with van der Waals surface area (Å²) in [6.07, 6.45) is 2.28. The highest BCUT2D eigenvalue weighted by Crippen LogP contribution is 2.08. The predicted molar refractivity (Wildman–Crippen MR) is 86.6 cm³/mol. The van der Waals surface area contributed by atoms with Gasteiger partial charge in [0.2, 0.25) is 5.91 Å². The standard InChI is InChI=1S/C17H28N2O2/c1-3-19(4-2)14-9-13-18-17(20)12-8-15-21-16-10-6-5-7-11-16/h5-7,10-11H,3-4,8-9,12-15H2,1-2H3,(H,18,20). The minimum atomic E-state index is 0.117. The summed E-state index contributed by atoms with van der Waals surface area (Å²) in [4.78, 5) is 14.0. The molecule has 21 heavy (non-hydrogen) atoms. The third-order valence-electron chi connectivity index (χ3n) is 3.43. The van der Waals surface area contributed by atoms with E-state index < -0.39 is 0 Å². The van der Waals surface area contributed by atoms with E-state index in [2.05, 4.69) is 24.1 Å². The van der Waals surface area contributed by atoms with Crippen molar-refractivity contribution < 1.29 is 9.53 Å². The van der Waals surface area contributed by atoms with Crippen molar-refractivity contribution >= 4 is 5.91 Å². The molecule has 0 unspecified atom stereocenters. The summed E-state index contributed by atoms with van der Waals surface area (Å²) in [7, 11) is 0. The molecule has 0 aliphatic heterocycles. The highest BCUT2D eigenvalue weighted by atomic mass is 16.5. The molecule has 1 aromatic carbocycles. The summed E-state index contributed by atoms with van der Waals surface area (Å²) in [5.41, 5.74) is 0. The number of benzene rings is 1. The van der Waals surface area contributed by atoms with Crippen molar-refractivity contribution in [3.05, 3.63) is 30.3 Å². The maximum atomic E-state index is 11.7. The molecule has 0 fully saturated rings. The molecule has 0 heterocycles. The lowest BCUT2D eigenvalue weighted by atomic mass is 10.3. The third kappa shape index (κ3) is 8.35. The van der Waals surface area contributed by atoms with E-state index in [9.17, 15) is 4.79 Å². The van der Waals surface area contributed by atoms with Crippen LogP contribution in [0.15, 0.2) is 30.3 Å². The van der Waals surface area contributed by atoms with Gasteiger partial charge >= 0.3 is 0 Å². The van der Waals surface area contributed by atoms with Gasteiger partial charge in [-0.25, -0.2) is 0 Å². The lowest BCUT2D eigenvalue weighted by Crippen LogP contribution is -2.29. The first-order valence-electron chi connectivity index (χ1n) is 7.93. The van der Waals surface area contributed by atoms with Gasteiger partial charge in [0.1, 0.15) is 5.75 Å². The maximum Gasteiger partial charge on any atom is 0.220 e. The average Bonchev–Trinajstić information content (AvgIpc) is 2.53. The van der Waals surface area contributed by atoms with Crippen LogP contribution in [0.2, 0.25) is 0 Å². The fraction of sp³-hybridized carbons (Fsp3) is 0.588. The molecule has 4 nitrogen and oxygen atoms in total. The van der Waals surface area contributed by atoms with E-state index >= 15 is 0 Å². The Kier molecular flexibility index (Phi) is 9.29. The van der Waals surface area contributed by atoms with Crippen molar-refractivity contribution in [2.75, 3.05) is 32.8 Å². The molecule has 0 aliphatic carbocycles. The van der Waals surface area contributed by atoms with Crippen molar-refractivity contribution in [2.24, 2.45) is 0 Å². The van der Waals surface area contributed by atoms with Gasteiger partial charge in [0, 0.05) is 13.0 Å². The van der Waals surface area contributed by atoms with Crippen LogP contribution in [0.5, 0.6) is 5.75 Å². The number of para-hydroxylation sites is 1. The van der Waals surface area contributed by atoms with Crippen LogP contribution >= 0.6 is 0 Å². The first kappa shape index (κ1) is 17.5. The number of carbonyl (C=O) groups is 1. The van der Waals surface area contributed by atoms with Crippen LogP contribution in [-0.2, 0) is 4.79 Å². The van der Waals surface area contributed by atoms with E-state index in [0.717, 1.165) is 44.8 Å². The topological polar surface area (TPSA) is 41.6 Å². The molecule has 0 aliphatic rings. The number of ether oxygens (including phenoxy) is 1. The Balaban J connectivity index is 1.99. The molecule has 0 spiro atoms. The van der Waals surface area contributed by atoms with Gasteiger partial charge in [-0.1, -0.05) is 32.0 Å². The summed E-state index contributed by atoms with van der Waals surface area (Å²) in [6, 6.07) is 9.69. The average molecular weight is 292 g/mol. The van der Waals surface area contributed by atoms with Crippen LogP contribution in [0.1, 0.15) is 33.1 Å². The van der Waals surface area contributed by atoms with Crippen LogP contribution in [0.4, 0.5) is 0 Å². The van der Waals surface area contributed by atoms with E-state index in [1.165, 1.54) is 0 Å². The van der Waals surface area contributed by atoms with Gasteiger partial charge in [-0.15, -0.1) is 0 Å². The number of rotatable bonds is 11. The molecule has 0 aromatic heterocycles. The molecule has 0 bridgehead atoms. The second kappa shape index (κ2) is 11.1. The molecular formula is C17H28N2O2. The SMILES string of the molecule is CCN(CC)CCCNC(=O)CCCOc1ccccc1. The van der Waals surface area contributed by atoms with Crippen LogP contribution in [0.3, 0.4) is 0 Å². The minimum Gasteiger partial charge on any atom is -0.494 e. The molecule has 0 saturated carbocycles. The van der Waals surface area contributed by atoms with Gasteiger partial charge in [0.05, 0.1) is 6.61 Å². The van der Waals surface area contributed by atoms with Crippen LogP contribution in [0.25, 0.3) is 0 Å². The summed E-state index contributed by atoms with van der Waals surface area (Å²) < 4.78 is 5.56. The molecule has 0 radical (unpaired) electrons. The number of hydrogen-bond acceptors (Lipinski definition) is 3. The fourth-order valence-corrected chi connectivity index (χ4v) is 2.10. The Hall–Kier alpha value is -1.55. The van der Waals surface area contributed by atoms with Crippen molar-refractivity contribution in [3.63, 3.8) is 0 Å². The number of nitrogens with one attached hydrogen (secondary N) is 1. The van der Waals surface area contributed by atoms with Crippen molar-refractivity contribution in [2.45, 2.75) is 33.1 Å². The highest BCUT2D eigenvalue weighted by Gasteiger charge is 2.02. The molecule has 0 atom stereocenters. The maximum absolute atomic E-state index is 11.7. The molecule has 1 amide bonds. The first-order valence-corrected chi connectivity index (χ1v) is 7.93. The molecule has 1 N–H and O–H groups in total. The van der Waals surface area contributed by atoms with Crippen molar-refractivity contribution in [1.29, 1.82) is 0 Å². The summed E-state index contributed by atoms with van der Waals surface area (Å²) >= 11 is 0. The van der Waals surface area contributed by atoms with Crippen molar-refractivity contribution in [3.8, 4) is 5.75 Å². The molecule has 1 rings (SSSR count). The van der Waals surface area contributed by atoms with E-state index in [4.69, 9.17) is 4.74 Å². The van der Waals surface area contributed by atoms with E-state index in [1.54, 1.807) is 0 Å². The lowest BCUT2D eigenvalue weighted by Gasteiger charge is -2.17. The lowest BCUT2D eigenvalue weighted by molar-refractivity contribution is -0.121. The molecule has 4 heteroatoms. The van der Waals surface area contributed by atoms with Crippen LogP contribution in [-0.4, -0.2) is 43.6 Å². The van der Waals surface area contributed by atoms with Gasteiger partial charge in [-0.3, -0.25) is 4.79 Å². The van der Waals surface area contributed by atoms with Gasteiger partial charge in [0.25, 0.3) is 0 Å². The van der Waals surface area contributed by atoms with Gasteiger partial charge in [-0.2, -0.15) is 0 Å². The fourth-order valence-electron chi connectivity index (χ4n) is 2.10. The van der Waals surface area contributed by atoms with E-state index in [1.807, 2.05) is 30.3 Å². The Labute approximate surface area is 128 Å². The van der Waals surface area contributed by atoms with Crippen molar-refractivity contribution in [1.82, 2.24) is 10.2 Å². The highest BCUT2D eigenvalue weighted by molar-refractivity contribution is 5.75. The Bertz CT molecular complexity index is 378. The molecule has 118 valence electrons. The number of amides is 1. The monoisotopic (exact) mass is 292 g/mol. The summed E-state index contributed by atoms with van der Waals surface area (Å²) in [5, 5.41) is 2.96. The van der Waals surface area contributed by atoms with Crippen LogP contribution in [0, 0.1) is 0 Å². The van der Waals surface area contributed by atoms with Crippen LogP contribution < -0.4 is 10.1 Å². The third-order valence-corrected chi connectivity index (χ3v) is 3.43. The molecule has 1 aromatic rings.